The third-order valence-corrected chi connectivity index (χ3v) is 3.92. The molecule has 5 nitrogen and oxygen atoms in total. The predicted molar refractivity (Wildman–Crippen MR) is 85.3 cm³/mol. The summed E-state index contributed by atoms with van der Waals surface area (Å²) in [6.07, 6.45) is 2.76. The second-order valence-corrected chi connectivity index (χ2v) is 5.52. The van der Waals surface area contributed by atoms with Gasteiger partial charge in [-0.25, -0.2) is 0 Å². The van der Waals surface area contributed by atoms with Crippen molar-refractivity contribution in [2.45, 2.75) is 18.4 Å². The first-order chi connectivity index (χ1) is 10.7. The first-order valence-corrected chi connectivity index (χ1v) is 7.37. The second-order valence-electron chi connectivity index (χ2n) is 5.52. The van der Waals surface area contributed by atoms with E-state index < -0.39 is 5.54 Å². The number of pyridine rings is 1. The number of hydrogen-bond acceptors (Lipinski definition) is 4. The third-order valence-electron chi connectivity index (χ3n) is 3.92. The van der Waals surface area contributed by atoms with Crippen molar-refractivity contribution in [1.29, 1.82) is 0 Å². The van der Waals surface area contributed by atoms with Crippen molar-refractivity contribution in [3.8, 4) is 11.3 Å². The largest absolute Gasteiger partial charge is 0.381 e. The highest BCUT2D eigenvalue weighted by Gasteiger charge is 2.35. The molecule has 0 bridgehead atoms. The van der Waals surface area contributed by atoms with Gasteiger partial charge in [0.2, 0.25) is 5.91 Å². The SMILES string of the molecule is NC1(C(=O)Nc2ccnc(-c3ccccc3)c2)CCOCC1. The first-order valence-electron chi connectivity index (χ1n) is 7.37. The Kier molecular flexibility index (Phi) is 4.18. The molecule has 0 atom stereocenters. The van der Waals surface area contributed by atoms with Gasteiger partial charge in [-0.15, -0.1) is 0 Å². The van der Waals surface area contributed by atoms with Crippen LogP contribution in [-0.2, 0) is 9.53 Å². The summed E-state index contributed by atoms with van der Waals surface area (Å²) in [7, 11) is 0. The highest BCUT2D eigenvalue weighted by molar-refractivity contribution is 5.98. The van der Waals surface area contributed by atoms with Gasteiger partial charge in [-0.2, -0.15) is 0 Å². The van der Waals surface area contributed by atoms with Crippen LogP contribution in [0.25, 0.3) is 11.3 Å². The fourth-order valence-corrected chi connectivity index (χ4v) is 2.49. The van der Waals surface area contributed by atoms with E-state index in [-0.39, 0.29) is 5.91 Å². The number of nitrogens with two attached hydrogens (primary N) is 1. The van der Waals surface area contributed by atoms with Crippen LogP contribution in [0.5, 0.6) is 0 Å². The van der Waals surface area contributed by atoms with Gasteiger partial charge in [0.1, 0.15) is 5.54 Å². The fourth-order valence-electron chi connectivity index (χ4n) is 2.49. The van der Waals surface area contributed by atoms with Crippen LogP contribution in [0.2, 0.25) is 0 Å². The Morgan fingerprint density at radius 1 is 1.18 bits per heavy atom. The average molecular weight is 297 g/mol. The Labute approximate surface area is 129 Å². The lowest BCUT2D eigenvalue weighted by atomic mass is 9.90. The molecule has 3 rings (SSSR count). The van der Waals surface area contributed by atoms with Crippen LogP contribution in [0.4, 0.5) is 5.69 Å². The molecular formula is C17H19N3O2. The lowest BCUT2D eigenvalue weighted by molar-refractivity contribution is -0.124. The van der Waals surface area contributed by atoms with Gasteiger partial charge in [0.05, 0.1) is 5.69 Å². The number of rotatable bonds is 3. The molecule has 0 radical (unpaired) electrons. The highest BCUT2D eigenvalue weighted by atomic mass is 16.5. The molecule has 2 heterocycles. The molecular weight excluding hydrogens is 278 g/mol. The number of aromatic nitrogens is 1. The Balaban J connectivity index is 1.77. The summed E-state index contributed by atoms with van der Waals surface area (Å²) in [4.78, 5) is 16.8. The van der Waals surface area contributed by atoms with Gasteiger partial charge in [0.15, 0.2) is 0 Å². The molecule has 114 valence electrons. The monoisotopic (exact) mass is 297 g/mol. The predicted octanol–water partition coefficient (Wildman–Crippen LogP) is 2.20. The molecule has 1 aliphatic heterocycles. The summed E-state index contributed by atoms with van der Waals surface area (Å²) in [6.45, 7) is 1.05. The molecule has 1 aromatic heterocycles. The van der Waals surface area contributed by atoms with E-state index in [1.165, 1.54) is 0 Å². The number of amides is 1. The average Bonchev–Trinajstić information content (AvgIpc) is 2.56. The van der Waals surface area contributed by atoms with Crippen LogP contribution in [0.1, 0.15) is 12.8 Å². The van der Waals surface area contributed by atoms with Crippen LogP contribution in [0.15, 0.2) is 48.7 Å². The van der Waals surface area contributed by atoms with E-state index in [4.69, 9.17) is 10.5 Å². The van der Waals surface area contributed by atoms with E-state index in [0.29, 0.717) is 31.7 Å². The topological polar surface area (TPSA) is 77.2 Å². The molecule has 5 heteroatoms. The zero-order valence-corrected chi connectivity index (χ0v) is 12.3. The summed E-state index contributed by atoms with van der Waals surface area (Å²) in [6, 6.07) is 13.5. The van der Waals surface area contributed by atoms with Gasteiger partial charge in [-0.1, -0.05) is 30.3 Å². The van der Waals surface area contributed by atoms with E-state index in [1.54, 1.807) is 12.3 Å². The quantitative estimate of drug-likeness (QED) is 0.910. The standard InChI is InChI=1S/C17H19N3O2/c18-17(7-10-22-11-8-17)16(21)20-14-6-9-19-15(12-14)13-4-2-1-3-5-13/h1-6,9,12H,7-8,10-11,18H2,(H,19,20,21). The minimum atomic E-state index is -0.853. The molecule has 1 fully saturated rings. The Hall–Kier alpha value is -2.24. The number of benzene rings is 1. The van der Waals surface area contributed by atoms with Gasteiger partial charge in [0, 0.05) is 30.7 Å². The van der Waals surface area contributed by atoms with Gasteiger partial charge in [-0.05, 0) is 25.0 Å². The number of carbonyl (C=O) groups excluding carboxylic acids is 1. The number of anilines is 1. The molecule has 0 unspecified atom stereocenters. The molecule has 0 saturated carbocycles. The van der Waals surface area contributed by atoms with E-state index in [1.807, 2.05) is 36.4 Å². The molecule has 1 saturated heterocycles. The number of nitrogens with one attached hydrogen (secondary N) is 1. The van der Waals surface area contributed by atoms with Crippen molar-refractivity contribution in [2.24, 2.45) is 5.73 Å². The maximum absolute atomic E-state index is 12.4. The summed E-state index contributed by atoms with van der Waals surface area (Å²) < 4.78 is 5.27. The Bertz CT molecular complexity index is 652. The Morgan fingerprint density at radius 3 is 2.64 bits per heavy atom. The van der Waals surface area contributed by atoms with Gasteiger partial charge in [-0.3, -0.25) is 9.78 Å². The van der Waals surface area contributed by atoms with Crippen LogP contribution < -0.4 is 11.1 Å². The summed E-state index contributed by atoms with van der Waals surface area (Å²) in [5, 5.41) is 2.90. The normalized spacial score (nSPS) is 17.0. The molecule has 2 aromatic rings. The molecule has 1 amide bonds. The minimum absolute atomic E-state index is 0.166. The third kappa shape index (κ3) is 3.16. The van der Waals surface area contributed by atoms with Crippen LogP contribution in [-0.4, -0.2) is 29.6 Å². The number of ether oxygens (including phenoxy) is 1. The van der Waals surface area contributed by atoms with Crippen molar-refractivity contribution >= 4 is 11.6 Å². The molecule has 1 aliphatic rings. The van der Waals surface area contributed by atoms with Gasteiger partial charge < -0.3 is 15.8 Å². The summed E-state index contributed by atoms with van der Waals surface area (Å²) >= 11 is 0. The van der Waals surface area contributed by atoms with Crippen molar-refractivity contribution < 1.29 is 9.53 Å². The molecule has 0 aliphatic carbocycles. The van der Waals surface area contributed by atoms with Gasteiger partial charge in [0.25, 0.3) is 0 Å². The van der Waals surface area contributed by atoms with E-state index in [2.05, 4.69) is 10.3 Å². The van der Waals surface area contributed by atoms with Crippen LogP contribution in [0.3, 0.4) is 0 Å². The highest BCUT2D eigenvalue weighted by Crippen LogP contribution is 2.23. The van der Waals surface area contributed by atoms with Crippen LogP contribution >= 0.6 is 0 Å². The first kappa shape index (κ1) is 14.7. The van der Waals surface area contributed by atoms with E-state index >= 15 is 0 Å². The smallest absolute Gasteiger partial charge is 0.244 e. The van der Waals surface area contributed by atoms with Crippen molar-refractivity contribution in [3.05, 3.63) is 48.7 Å². The second kappa shape index (κ2) is 6.25. The molecule has 3 N–H and O–H groups in total. The van der Waals surface area contributed by atoms with Crippen molar-refractivity contribution in [3.63, 3.8) is 0 Å². The van der Waals surface area contributed by atoms with E-state index in [9.17, 15) is 4.79 Å². The lowest BCUT2D eigenvalue weighted by Gasteiger charge is -2.31. The molecule has 1 aromatic carbocycles. The zero-order valence-electron chi connectivity index (χ0n) is 12.3. The maximum Gasteiger partial charge on any atom is 0.244 e. The van der Waals surface area contributed by atoms with E-state index in [0.717, 1.165) is 11.3 Å². The summed E-state index contributed by atoms with van der Waals surface area (Å²) in [5.41, 5.74) is 7.87. The zero-order chi connectivity index (χ0) is 15.4. The minimum Gasteiger partial charge on any atom is -0.381 e. The summed E-state index contributed by atoms with van der Waals surface area (Å²) in [5.74, 6) is -0.166. The van der Waals surface area contributed by atoms with Crippen LogP contribution in [0, 0.1) is 0 Å². The van der Waals surface area contributed by atoms with Crippen molar-refractivity contribution in [1.82, 2.24) is 4.98 Å². The molecule has 22 heavy (non-hydrogen) atoms. The lowest BCUT2D eigenvalue weighted by Crippen LogP contribution is -2.54. The number of hydrogen-bond donors (Lipinski definition) is 2. The maximum atomic E-state index is 12.4. The van der Waals surface area contributed by atoms with Crippen molar-refractivity contribution in [2.75, 3.05) is 18.5 Å². The fraction of sp³-hybridized carbons (Fsp3) is 0.294. The Morgan fingerprint density at radius 2 is 1.91 bits per heavy atom. The molecule has 0 spiro atoms. The van der Waals surface area contributed by atoms with Gasteiger partial charge >= 0.3 is 0 Å². The number of nitrogens with zero attached hydrogens (tertiary/aromatic N) is 1. The number of carbonyl (C=O) groups is 1.